The number of sulfone groups is 1. The van der Waals surface area contributed by atoms with Gasteiger partial charge in [-0.2, -0.15) is 4.98 Å². The minimum Gasteiger partial charge on any atom is -0.497 e. The highest BCUT2D eigenvalue weighted by Crippen LogP contribution is 2.35. The molecule has 0 spiro atoms. The van der Waals surface area contributed by atoms with Gasteiger partial charge in [-0.3, -0.25) is 4.79 Å². The third-order valence-corrected chi connectivity index (χ3v) is 7.78. The number of anilines is 1. The van der Waals surface area contributed by atoms with Crippen LogP contribution in [0.15, 0.2) is 85.7 Å². The Balaban J connectivity index is 1.43. The van der Waals surface area contributed by atoms with Crippen molar-refractivity contribution in [3.05, 3.63) is 77.5 Å². The summed E-state index contributed by atoms with van der Waals surface area (Å²) >= 11 is 5.94. The van der Waals surface area contributed by atoms with Gasteiger partial charge in [-0.05, 0) is 54.6 Å². The van der Waals surface area contributed by atoms with Crippen LogP contribution in [0, 0.1) is 0 Å². The van der Waals surface area contributed by atoms with E-state index in [4.69, 9.17) is 25.2 Å². The predicted molar refractivity (Wildman–Crippen MR) is 132 cm³/mol. The smallest absolute Gasteiger partial charge is 0.266 e. The lowest BCUT2D eigenvalue weighted by Crippen LogP contribution is -2.49. The first-order valence-electron chi connectivity index (χ1n) is 11.1. The first kappa shape index (κ1) is 24.0. The molecule has 1 amide bonds. The number of oxazole rings is 1. The Kier molecular flexibility index (Phi) is 6.46. The minimum atomic E-state index is -4.03. The van der Waals surface area contributed by atoms with E-state index in [0.29, 0.717) is 48.3 Å². The summed E-state index contributed by atoms with van der Waals surface area (Å²) in [6.07, 6.45) is 1.45. The fourth-order valence-corrected chi connectivity index (χ4v) is 5.40. The Morgan fingerprint density at radius 3 is 2.44 bits per heavy atom. The third-order valence-electron chi connectivity index (χ3n) is 5.86. The van der Waals surface area contributed by atoms with Gasteiger partial charge in [0.1, 0.15) is 5.75 Å². The van der Waals surface area contributed by atoms with E-state index in [0.717, 1.165) is 0 Å². The van der Waals surface area contributed by atoms with Crippen molar-refractivity contribution in [2.75, 3.05) is 38.2 Å². The fraction of sp³-hybridized carbons (Fsp3) is 0.200. The summed E-state index contributed by atoms with van der Waals surface area (Å²) in [6.45, 7) is 1.44. The highest BCUT2D eigenvalue weighted by atomic mass is 35.5. The fourth-order valence-electron chi connectivity index (χ4n) is 3.96. The van der Waals surface area contributed by atoms with Crippen molar-refractivity contribution >= 4 is 33.2 Å². The van der Waals surface area contributed by atoms with E-state index in [9.17, 15) is 13.2 Å². The van der Waals surface area contributed by atoms with Crippen molar-refractivity contribution in [1.82, 2.24) is 9.88 Å². The molecule has 1 aliphatic heterocycles. The van der Waals surface area contributed by atoms with E-state index < -0.39 is 9.84 Å². The Hall–Kier alpha value is -3.76. The van der Waals surface area contributed by atoms with Crippen LogP contribution in [0.4, 0.5) is 5.88 Å². The zero-order valence-corrected chi connectivity index (χ0v) is 20.8. The molecule has 1 aliphatic rings. The van der Waals surface area contributed by atoms with Crippen molar-refractivity contribution in [2.45, 2.75) is 9.92 Å². The topological polar surface area (TPSA) is 106 Å². The number of carbonyl (C=O) groups is 1. The molecule has 0 saturated carbocycles. The maximum Gasteiger partial charge on any atom is 0.266 e. The molecule has 0 aliphatic carbocycles. The molecule has 186 valence electrons. The molecule has 11 heteroatoms. The number of halogens is 1. The summed E-state index contributed by atoms with van der Waals surface area (Å²) in [5, 5.41) is 0.200. The Labute approximate surface area is 212 Å². The van der Waals surface area contributed by atoms with Crippen LogP contribution in [-0.4, -0.2) is 57.5 Å². The number of methoxy groups -OCH3 is 1. The first-order valence-corrected chi connectivity index (χ1v) is 13.0. The normalized spacial score (nSPS) is 14.2. The molecule has 1 saturated heterocycles. The molecule has 36 heavy (non-hydrogen) atoms. The summed E-state index contributed by atoms with van der Waals surface area (Å²) in [5.41, 5.74) is 0.522. The number of amides is 1. The number of carbonyl (C=O) groups excluding carboxylic acids is 1. The molecule has 2 aromatic carbocycles. The number of hydrogen-bond donors (Lipinski definition) is 0. The lowest BCUT2D eigenvalue weighted by molar-refractivity contribution is 0.0744. The van der Waals surface area contributed by atoms with Crippen LogP contribution in [0.1, 0.15) is 10.4 Å². The lowest BCUT2D eigenvalue weighted by atomic mass is 10.1. The highest BCUT2D eigenvalue weighted by molar-refractivity contribution is 7.91. The molecule has 4 aromatic rings. The Bertz CT molecular complexity index is 1470. The minimum absolute atomic E-state index is 0.0410. The van der Waals surface area contributed by atoms with Gasteiger partial charge < -0.3 is 23.4 Å². The molecule has 9 nitrogen and oxygen atoms in total. The van der Waals surface area contributed by atoms with Gasteiger partial charge in [0.05, 0.1) is 18.3 Å². The van der Waals surface area contributed by atoms with Crippen LogP contribution in [0.25, 0.3) is 11.7 Å². The summed E-state index contributed by atoms with van der Waals surface area (Å²) in [6, 6.07) is 16.1. The molecule has 0 unspecified atom stereocenters. The summed E-state index contributed by atoms with van der Waals surface area (Å²) in [4.78, 5) is 20.8. The van der Waals surface area contributed by atoms with E-state index in [1.807, 2.05) is 0 Å². The first-order chi connectivity index (χ1) is 17.4. The maximum absolute atomic E-state index is 13.5. The van der Waals surface area contributed by atoms with E-state index in [2.05, 4.69) is 4.98 Å². The van der Waals surface area contributed by atoms with Crippen LogP contribution in [0.3, 0.4) is 0 Å². The van der Waals surface area contributed by atoms with Crippen LogP contribution in [0.2, 0.25) is 5.02 Å². The maximum atomic E-state index is 13.5. The molecule has 0 bridgehead atoms. The molecule has 0 radical (unpaired) electrons. The van der Waals surface area contributed by atoms with Gasteiger partial charge in [0, 0.05) is 36.8 Å². The largest absolute Gasteiger partial charge is 0.497 e. The molecular weight excluding hydrogens is 506 g/mol. The van der Waals surface area contributed by atoms with Crippen LogP contribution >= 0.6 is 11.6 Å². The zero-order chi connectivity index (χ0) is 25.3. The quantitative estimate of drug-likeness (QED) is 0.363. The van der Waals surface area contributed by atoms with E-state index in [1.165, 1.54) is 30.5 Å². The van der Waals surface area contributed by atoms with Crippen molar-refractivity contribution in [1.29, 1.82) is 0 Å². The van der Waals surface area contributed by atoms with Gasteiger partial charge in [-0.1, -0.05) is 17.7 Å². The van der Waals surface area contributed by atoms with Crippen LogP contribution in [0.5, 0.6) is 5.75 Å². The van der Waals surface area contributed by atoms with Crippen molar-refractivity contribution in [2.24, 2.45) is 0 Å². The van der Waals surface area contributed by atoms with Gasteiger partial charge in [0.2, 0.25) is 20.7 Å². The molecule has 5 rings (SSSR count). The summed E-state index contributed by atoms with van der Waals surface area (Å²) < 4.78 is 43.6. The number of aromatic nitrogens is 1. The summed E-state index contributed by atoms with van der Waals surface area (Å²) in [5.74, 6) is 0.933. The number of nitrogens with zero attached hydrogens (tertiary/aromatic N) is 3. The van der Waals surface area contributed by atoms with E-state index >= 15 is 0 Å². The standard InChI is InChI=1S/C25H22ClN3O6S/c1-33-19-5-2-4-17(16-19)24(30)28-11-13-29(14-12-28)25-23(27-22(35-25)21-6-3-15-34-21)36(31,32)20-9-7-18(26)8-10-20/h2-10,15-16H,11-14H2,1H3. The van der Waals surface area contributed by atoms with Crippen LogP contribution in [-0.2, 0) is 9.84 Å². The second-order valence-corrected chi connectivity index (χ2v) is 10.4. The lowest BCUT2D eigenvalue weighted by Gasteiger charge is -2.34. The third kappa shape index (κ3) is 4.57. The average molecular weight is 528 g/mol. The van der Waals surface area contributed by atoms with E-state index in [1.54, 1.807) is 53.3 Å². The number of furan rings is 1. The second-order valence-electron chi connectivity index (χ2n) is 8.08. The highest BCUT2D eigenvalue weighted by Gasteiger charge is 2.34. The van der Waals surface area contributed by atoms with Crippen LogP contribution < -0.4 is 9.64 Å². The van der Waals surface area contributed by atoms with Crippen molar-refractivity contribution < 1.29 is 26.8 Å². The second kappa shape index (κ2) is 9.71. The van der Waals surface area contributed by atoms with Gasteiger partial charge in [-0.15, -0.1) is 0 Å². The monoisotopic (exact) mass is 527 g/mol. The summed E-state index contributed by atoms with van der Waals surface area (Å²) in [7, 11) is -2.48. The van der Waals surface area contributed by atoms with Gasteiger partial charge >= 0.3 is 0 Å². The van der Waals surface area contributed by atoms with Crippen molar-refractivity contribution in [3.8, 4) is 17.4 Å². The SMILES string of the molecule is COc1cccc(C(=O)N2CCN(c3oc(-c4ccco4)nc3S(=O)(=O)c3ccc(Cl)cc3)CC2)c1. The van der Waals surface area contributed by atoms with Gasteiger partial charge in [-0.25, -0.2) is 8.42 Å². The number of rotatable bonds is 6. The molecular formula is C25H22ClN3O6S. The predicted octanol–water partition coefficient (Wildman–Crippen LogP) is 4.39. The zero-order valence-electron chi connectivity index (χ0n) is 19.3. The molecule has 1 fully saturated rings. The van der Waals surface area contributed by atoms with Crippen molar-refractivity contribution in [3.63, 3.8) is 0 Å². The van der Waals surface area contributed by atoms with Gasteiger partial charge in [0.25, 0.3) is 11.8 Å². The average Bonchev–Trinajstić information content (AvgIpc) is 3.59. The Morgan fingerprint density at radius 2 is 1.78 bits per heavy atom. The number of ether oxygens (including phenoxy) is 1. The number of hydrogen-bond acceptors (Lipinski definition) is 8. The molecule has 3 heterocycles. The molecule has 2 aromatic heterocycles. The number of piperazine rings is 1. The van der Waals surface area contributed by atoms with Gasteiger partial charge in [0.15, 0.2) is 5.76 Å². The Morgan fingerprint density at radius 1 is 1.03 bits per heavy atom. The number of benzene rings is 2. The van der Waals surface area contributed by atoms with E-state index in [-0.39, 0.29) is 27.6 Å². The molecule has 0 N–H and O–H groups in total. The molecule has 0 atom stereocenters.